The molecule has 0 radical (unpaired) electrons. The van der Waals surface area contributed by atoms with E-state index in [1.54, 1.807) is 6.26 Å². The van der Waals surface area contributed by atoms with Gasteiger partial charge < -0.3 is 14.5 Å². The number of benzene rings is 1. The highest BCUT2D eigenvalue weighted by Crippen LogP contribution is 2.20. The van der Waals surface area contributed by atoms with Crippen molar-refractivity contribution in [3.63, 3.8) is 0 Å². The Bertz CT molecular complexity index is 559. The summed E-state index contributed by atoms with van der Waals surface area (Å²) in [6, 6.07) is 10.2. The lowest BCUT2D eigenvalue weighted by atomic mass is 10.1. The Hall–Kier alpha value is -1.10. The van der Waals surface area contributed by atoms with Gasteiger partial charge in [-0.1, -0.05) is 28.1 Å². The van der Waals surface area contributed by atoms with Crippen molar-refractivity contribution in [3.8, 4) is 0 Å². The highest BCUT2D eigenvalue weighted by Gasteiger charge is 2.09. The molecular formula is C17H22BrNO2. The number of halogens is 1. The van der Waals surface area contributed by atoms with Crippen molar-refractivity contribution >= 4 is 15.9 Å². The van der Waals surface area contributed by atoms with Crippen molar-refractivity contribution in [1.82, 2.24) is 5.32 Å². The lowest BCUT2D eigenvalue weighted by molar-refractivity contribution is 0.0925. The van der Waals surface area contributed by atoms with Gasteiger partial charge in [-0.05, 0) is 50.1 Å². The smallest absolute Gasteiger partial charge is 0.129 e. The Kier molecular flexibility index (Phi) is 5.62. The van der Waals surface area contributed by atoms with E-state index in [4.69, 9.17) is 9.15 Å². The molecule has 3 nitrogen and oxygen atoms in total. The van der Waals surface area contributed by atoms with Crippen LogP contribution in [-0.2, 0) is 24.5 Å². The maximum absolute atomic E-state index is 5.66. The van der Waals surface area contributed by atoms with Crippen LogP contribution in [0.15, 0.2) is 45.5 Å². The maximum atomic E-state index is 5.66. The molecule has 1 aromatic carbocycles. The van der Waals surface area contributed by atoms with E-state index in [1.807, 2.05) is 12.1 Å². The van der Waals surface area contributed by atoms with E-state index in [0.717, 1.165) is 22.3 Å². The molecule has 1 N–H and O–H groups in total. The molecule has 0 aliphatic rings. The van der Waals surface area contributed by atoms with Gasteiger partial charge in [-0.15, -0.1) is 0 Å². The van der Waals surface area contributed by atoms with E-state index in [-0.39, 0.29) is 5.54 Å². The van der Waals surface area contributed by atoms with Crippen LogP contribution in [0.25, 0.3) is 0 Å². The quantitative estimate of drug-likeness (QED) is 0.822. The van der Waals surface area contributed by atoms with E-state index in [1.165, 1.54) is 5.56 Å². The van der Waals surface area contributed by atoms with Crippen LogP contribution in [0.1, 0.15) is 37.7 Å². The van der Waals surface area contributed by atoms with Gasteiger partial charge >= 0.3 is 0 Å². The summed E-state index contributed by atoms with van der Waals surface area (Å²) in [5.74, 6) is 0.845. The van der Waals surface area contributed by atoms with Crippen LogP contribution in [0.5, 0.6) is 0 Å². The lowest BCUT2D eigenvalue weighted by Crippen LogP contribution is -2.35. The lowest BCUT2D eigenvalue weighted by Gasteiger charge is -2.20. The van der Waals surface area contributed by atoms with Gasteiger partial charge in [-0.2, -0.15) is 0 Å². The van der Waals surface area contributed by atoms with Gasteiger partial charge in [-0.25, -0.2) is 0 Å². The molecule has 114 valence electrons. The van der Waals surface area contributed by atoms with Gasteiger partial charge in [0.25, 0.3) is 0 Å². The molecule has 0 aliphatic heterocycles. The second kappa shape index (κ2) is 7.25. The van der Waals surface area contributed by atoms with Gasteiger partial charge in [0.15, 0.2) is 0 Å². The molecule has 2 aromatic rings. The molecule has 0 bridgehead atoms. The monoisotopic (exact) mass is 351 g/mol. The van der Waals surface area contributed by atoms with Gasteiger partial charge in [0, 0.05) is 16.6 Å². The van der Waals surface area contributed by atoms with Gasteiger partial charge in [0.1, 0.15) is 12.4 Å². The number of furan rings is 1. The first-order valence-electron chi connectivity index (χ1n) is 7.06. The first-order chi connectivity index (χ1) is 9.94. The van der Waals surface area contributed by atoms with E-state index >= 15 is 0 Å². The predicted molar refractivity (Wildman–Crippen MR) is 87.9 cm³/mol. The van der Waals surface area contributed by atoms with Crippen molar-refractivity contribution in [2.45, 2.75) is 46.1 Å². The Labute approximate surface area is 134 Å². The van der Waals surface area contributed by atoms with Crippen molar-refractivity contribution < 1.29 is 9.15 Å². The third-order valence-electron chi connectivity index (χ3n) is 3.02. The summed E-state index contributed by atoms with van der Waals surface area (Å²) in [7, 11) is 0. The van der Waals surface area contributed by atoms with Crippen LogP contribution in [0, 0.1) is 0 Å². The maximum Gasteiger partial charge on any atom is 0.129 e. The van der Waals surface area contributed by atoms with E-state index in [0.29, 0.717) is 13.2 Å². The van der Waals surface area contributed by atoms with Gasteiger partial charge in [-0.3, -0.25) is 0 Å². The molecule has 0 spiro atoms. The second-order valence-electron chi connectivity index (χ2n) is 6.10. The molecule has 0 fully saturated rings. The summed E-state index contributed by atoms with van der Waals surface area (Å²) >= 11 is 3.62. The molecule has 1 aromatic heterocycles. The molecular weight excluding hydrogens is 330 g/mol. The van der Waals surface area contributed by atoms with Crippen molar-refractivity contribution in [1.29, 1.82) is 0 Å². The minimum Gasteiger partial charge on any atom is -0.467 e. The van der Waals surface area contributed by atoms with Gasteiger partial charge in [0.2, 0.25) is 0 Å². The SMILES string of the molecule is CC(C)(C)NCc1ccc(COCc2ccco2)c(Br)c1. The fourth-order valence-corrected chi connectivity index (χ4v) is 2.38. The van der Waals surface area contributed by atoms with Crippen molar-refractivity contribution in [2.24, 2.45) is 0 Å². The summed E-state index contributed by atoms with van der Waals surface area (Å²) in [6.45, 7) is 8.41. The molecule has 2 rings (SSSR count). The normalized spacial score (nSPS) is 11.8. The van der Waals surface area contributed by atoms with Crippen LogP contribution in [-0.4, -0.2) is 5.54 Å². The largest absolute Gasteiger partial charge is 0.467 e. The average molecular weight is 352 g/mol. The van der Waals surface area contributed by atoms with Crippen LogP contribution < -0.4 is 5.32 Å². The minimum atomic E-state index is 0.122. The molecule has 0 unspecified atom stereocenters. The minimum absolute atomic E-state index is 0.122. The molecule has 0 aliphatic carbocycles. The predicted octanol–water partition coefficient (Wildman–Crippen LogP) is 4.65. The van der Waals surface area contributed by atoms with E-state index in [9.17, 15) is 0 Å². The first-order valence-corrected chi connectivity index (χ1v) is 7.86. The molecule has 0 saturated carbocycles. The summed E-state index contributed by atoms with van der Waals surface area (Å²) in [4.78, 5) is 0. The fourth-order valence-electron chi connectivity index (χ4n) is 1.84. The van der Waals surface area contributed by atoms with Crippen molar-refractivity contribution in [2.75, 3.05) is 0 Å². The number of ether oxygens (including phenoxy) is 1. The Morgan fingerprint density at radius 3 is 2.62 bits per heavy atom. The zero-order valence-corrected chi connectivity index (χ0v) is 14.4. The van der Waals surface area contributed by atoms with E-state index in [2.05, 4.69) is 60.2 Å². The van der Waals surface area contributed by atoms with Gasteiger partial charge in [0.05, 0.1) is 12.9 Å². The summed E-state index contributed by atoms with van der Waals surface area (Å²) < 4.78 is 12.0. The third-order valence-corrected chi connectivity index (χ3v) is 3.76. The van der Waals surface area contributed by atoms with Crippen LogP contribution in [0.2, 0.25) is 0 Å². The van der Waals surface area contributed by atoms with Crippen LogP contribution in [0.3, 0.4) is 0 Å². The Morgan fingerprint density at radius 1 is 1.19 bits per heavy atom. The number of hydrogen-bond donors (Lipinski definition) is 1. The summed E-state index contributed by atoms with van der Waals surface area (Å²) in [5, 5.41) is 3.48. The Balaban J connectivity index is 1.86. The topological polar surface area (TPSA) is 34.4 Å². The zero-order valence-electron chi connectivity index (χ0n) is 12.8. The van der Waals surface area contributed by atoms with Crippen LogP contribution >= 0.6 is 15.9 Å². The van der Waals surface area contributed by atoms with E-state index < -0.39 is 0 Å². The number of nitrogens with one attached hydrogen (secondary N) is 1. The molecule has 21 heavy (non-hydrogen) atoms. The molecule has 0 atom stereocenters. The number of rotatable bonds is 6. The first kappa shape index (κ1) is 16.3. The average Bonchev–Trinajstić information content (AvgIpc) is 2.91. The molecule has 0 saturated heterocycles. The zero-order chi connectivity index (χ0) is 15.3. The molecule has 1 heterocycles. The third kappa shape index (κ3) is 5.65. The van der Waals surface area contributed by atoms with Crippen LogP contribution in [0.4, 0.5) is 0 Å². The second-order valence-corrected chi connectivity index (χ2v) is 6.96. The Morgan fingerprint density at radius 2 is 2.00 bits per heavy atom. The molecule has 0 amide bonds. The summed E-state index contributed by atoms with van der Waals surface area (Å²) in [5.41, 5.74) is 2.52. The van der Waals surface area contributed by atoms with Crippen molar-refractivity contribution in [3.05, 3.63) is 58.0 Å². The fraction of sp³-hybridized carbons (Fsp3) is 0.412. The highest BCUT2D eigenvalue weighted by atomic mass is 79.9. The highest BCUT2D eigenvalue weighted by molar-refractivity contribution is 9.10. The summed E-state index contributed by atoms with van der Waals surface area (Å²) in [6.07, 6.45) is 1.66. The molecule has 4 heteroatoms. The standard InChI is InChI=1S/C17H22BrNO2/c1-17(2,3)19-10-13-6-7-14(16(18)9-13)11-20-12-15-5-4-8-21-15/h4-9,19H,10-12H2,1-3H3. The number of hydrogen-bond acceptors (Lipinski definition) is 3.